The average molecular weight is 467 g/mol. The second-order valence-electron chi connectivity index (χ2n) is 9.80. The van der Waals surface area contributed by atoms with Crippen LogP contribution in [-0.2, 0) is 19.1 Å². The highest BCUT2D eigenvalue weighted by Gasteiger charge is 2.40. The lowest BCUT2D eigenvalue weighted by molar-refractivity contribution is -0.147. The van der Waals surface area contributed by atoms with Gasteiger partial charge in [-0.3, -0.25) is 4.79 Å². The lowest BCUT2D eigenvalue weighted by Gasteiger charge is -2.29. The highest BCUT2D eigenvalue weighted by Crippen LogP contribution is 2.44. The van der Waals surface area contributed by atoms with Gasteiger partial charge in [-0.05, 0) is 34.1 Å². The van der Waals surface area contributed by atoms with Gasteiger partial charge in [0.2, 0.25) is 0 Å². The largest absolute Gasteiger partial charge is 0.480 e. The van der Waals surface area contributed by atoms with Gasteiger partial charge in [0.05, 0.1) is 6.04 Å². The van der Waals surface area contributed by atoms with Crippen LogP contribution in [0.4, 0.5) is 4.79 Å². The quantitative estimate of drug-likeness (QED) is 0.602. The molecule has 180 valence electrons. The van der Waals surface area contributed by atoms with Crippen molar-refractivity contribution in [1.82, 2.24) is 10.6 Å². The molecule has 8 nitrogen and oxygen atoms in total. The molecule has 2 aromatic carbocycles. The molecule has 1 aliphatic heterocycles. The molecule has 1 heterocycles. The third kappa shape index (κ3) is 4.77. The number of fused-ring (bicyclic) bond motifs is 3. The maximum Gasteiger partial charge on any atom is 0.407 e. The van der Waals surface area contributed by atoms with E-state index in [1.165, 1.54) is 0 Å². The molecule has 0 radical (unpaired) electrons. The van der Waals surface area contributed by atoms with E-state index in [9.17, 15) is 19.5 Å². The first kappa shape index (κ1) is 23.8. The molecular weight excluding hydrogens is 436 g/mol. The molecule has 3 N–H and O–H groups in total. The van der Waals surface area contributed by atoms with E-state index in [0.717, 1.165) is 22.3 Å². The fourth-order valence-electron chi connectivity index (χ4n) is 4.66. The first-order chi connectivity index (χ1) is 16.2. The molecule has 2 aromatic rings. The summed E-state index contributed by atoms with van der Waals surface area (Å²) in [6.45, 7) is 5.63. The molecular formula is C26H30N2O6. The van der Waals surface area contributed by atoms with Crippen molar-refractivity contribution in [1.29, 1.82) is 0 Å². The van der Waals surface area contributed by atoms with Gasteiger partial charge in [-0.15, -0.1) is 0 Å². The maximum atomic E-state index is 12.7. The Labute approximate surface area is 198 Å². The van der Waals surface area contributed by atoms with Gasteiger partial charge in [-0.1, -0.05) is 69.3 Å². The van der Waals surface area contributed by atoms with Gasteiger partial charge in [0.25, 0.3) is 5.91 Å². The number of carbonyl (C=O) groups excluding carboxylic acids is 2. The van der Waals surface area contributed by atoms with E-state index in [-0.39, 0.29) is 19.1 Å². The Morgan fingerprint density at radius 2 is 1.65 bits per heavy atom. The maximum absolute atomic E-state index is 12.7. The number of amides is 2. The Morgan fingerprint density at radius 1 is 1.06 bits per heavy atom. The molecule has 3 atom stereocenters. The summed E-state index contributed by atoms with van der Waals surface area (Å²) in [5, 5.41) is 14.8. The number of nitrogens with one attached hydrogen (secondary N) is 2. The van der Waals surface area contributed by atoms with Crippen molar-refractivity contribution in [3.05, 3.63) is 59.7 Å². The topological polar surface area (TPSA) is 114 Å². The van der Waals surface area contributed by atoms with Gasteiger partial charge >= 0.3 is 12.1 Å². The average Bonchev–Trinajstić information content (AvgIpc) is 3.37. The van der Waals surface area contributed by atoms with Gasteiger partial charge in [0.1, 0.15) is 12.6 Å². The summed E-state index contributed by atoms with van der Waals surface area (Å²) in [5.41, 5.74) is 3.81. The SMILES string of the molecule is CC(C)(C)C(NC(=O)C1OCCC1NC(=O)OCC1c2ccccc2-c2ccccc21)C(=O)O. The molecule has 0 bridgehead atoms. The van der Waals surface area contributed by atoms with Gasteiger partial charge < -0.3 is 25.2 Å². The standard InChI is InChI=1S/C26H30N2O6/c1-26(2,3)22(24(30)31)28-23(29)21-20(12-13-33-21)27-25(32)34-14-19-17-10-6-4-8-15(17)16-9-5-7-11-18(16)19/h4-11,19-22H,12-14H2,1-3H3,(H,27,32)(H,28,29)(H,30,31). The van der Waals surface area contributed by atoms with E-state index in [1.54, 1.807) is 20.8 Å². The third-order valence-electron chi connectivity index (χ3n) is 6.40. The smallest absolute Gasteiger partial charge is 0.407 e. The van der Waals surface area contributed by atoms with Crippen LogP contribution in [0.2, 0.25) is 0 Å². The number of carbonyl (C=O) groups is 3. The number of hydrogen-bond donors (Lipinski definition) is 3. The minimum atomic E-state index is -1.13. The van der Waals surface area contributed by atoms with Crippen LogP contribution in [0.15, 0.2) is 48.5 Å². The van der Waals surface area contributed by atoms with E-state index < -0.39 is 41.6 Å². The van der Waals surface area contributed by atoms with Crippen molar-refractivity contribution in [3.63, 3.8) is 0 Å². The summed E-state index contributed by atoms with van der Waals surface area (Å²) < 4.78 is 11.1. The number of carboxylic acid groups (broad SMARTS) is 1. The first-order valence-electron chi connectivity index (χ1n) is 11.4. The van der Waals surface area contributed by atoms with E-state index >= 15 is 0 Å². The van der Waals surface area contributed by atoms with E-state index in [0.29, 0.717) is 6.42 Å². The van der Waals surface area contributed by atoms with Gasteiger partial charge in [-0.25, -0.2) is 9.59 Å². The van der Waals surface area contributed by atoms with Gasteiger partial charge in [-0.2, -0.15) is 0 Å². The lowest BCUT2D eigenvalue weighted by atomic mass is 9.86. The molecule has 2 aliphatic rings. The Kier molecular flexibility index (Phi) is 6.61. The predicted molar refractivity (Wildman–Crippen MR) is 125 cm³/mol. The van der Waals surface area contributed by atoms with Crippen molar-refractivity contribution in [2.75, 3.05) is 13.2 Å². The predicted octanol–water partition coefficient (Wildman–Crippen LogP) is 3.30. The molecule has 1 saturated heterocycles. The molecule has 8 heteroatoms. The van der Waals surface area contributed by atoms with Crippen LogP contribution < -0.4 is 10.6 Å². The number of aliphatic carboxylic acids is 1. The van der Waals surface area contributed by atoms with Crippen molar-refractivity contribution in [3.8, 4) is 11.1 Å². The van der Waals surface area contributed by atoms with E-state index in [4.69, 9.17) is 9.47 Å². The number of carboxylic acids is 1. The monoisotopic (exact) mass is 466 g/mol. The Balaban J connectivity index is 1.38. The minimum absolute atomic E-state index is 0.0693. The van der Waals surface area contributed by atoms with Crippen LogP contribution in [0.5, 0.6) is 0 Å². The van der Waals surface area contributed by atoms with Crippen molar-refractivity contribution >= 4 is 18.0 Å². The molecule has 0 aromatic heterocycles. The number of alkyl carbamates (subject to hydrolysis) is 1. The Morgan fingerprint density at radius 3 is 2.21 bits per heavy atom. The lowest BCUT2D eigenvalue weighted by Crippen LogP contribution is -2.55. The van der Waals surface area contributed by atoms with Crippen LogP contribution in [0.1, 0.15) is 44.2 Å². The van der Waals surface area contributed by atoms with Gasteiger partial charge in [0, 0.05) is 12.5 Å². The fraction of sp³-hybridized carbons (Fsp3) is 0.423. The number of hydrogen-bond acceptors (Lipinski definition) is 5. The van der Waals surface area contributed by atoms with Gasteiger partial charge in [0.15, 0.2) is 6.10 Å². The Bertz CT molecular complexity index is 1050. The van der Waals surface area contributed by atoms with Crippen molar-refractivity contribution in [2.24, 2.45) is 5.41 Å². The summed E-state index contributed by atoms with van der Waals surface area (Å²) in [7, 11) is 0. The number of ether oxygens (including phenoxy) is 2. The summed E-state index contributed by atoms with van der Waals surface area (Å²) in [6, 6.07) is 14.4. The second kappa shape index (κ2) is 9.46. The normalized spacial score (nSPS) is 20.2. The first-order valence-corrected chi connectivity index (χ1v) is 11.4. The molecule has 1 aliphatic carbocycles. The van der Waals surface area contributed by atoms with E-state index in [2.05, 4.69) is 22.8 Å². The summed E-state index contributed by atoms with van der Waals surface area (Å²) in [6.07, 6.45) is -1.19. The molecule has 0 saturated carbocycles. The molecule has 1 fully saturated rings. The van der Waals surface area contributed by atoms with Crippen LogP contribution in [0, 0.1) is 5.41 Å². The number of benzene rings is 2. The highest BCUT2D eigenvalue weighted by molar-refractivity contribution is 5.88. The van der Waals surface area contributed by atoms with Crippen LogP contribution >= 0.6 is 0 Å². The minimum Gasteiger partial charge on any atom is -0.480 e. The molecule has 2 amide bonds. The van der Waals surface area contributed by atoms with Crippen LogP contribution in [0.3, 0.4) is 0 Å². The van der Waals surface area contributed by atoms with Crippen LogP contribution in [-0.4, -0.2) is 54.5 Å². The van der Waals surface area contributed by atoms with Crippen molar-refractivity contribution < 1.29 is 29.0 Å². The summed E-state index contributed by atoms with van der Waals surface area (Å²) >= 11 is 0. The van der Waals surface area contributed by atoms with Crippen molar-refractivity contribution in [2.45, 2.75) is 51.3 Å². The van der Waals surface area contributed by atoms with Crippen LogP contribution in [0.25, 0.3) is 11.1 Å². The zero-order valence-corrected chi connectivity index (χ0v) is 19.5. The summed E-state index contributed by atoms with van der Waals surface area (Å²) in [5.74, 6) is -1.76. The number of rotatable bonds is 6. The fourth-order valence-corrected chi connectivity index (χ4v) is 4.66. The molecule has 0 spiro atoms. The second-order valence-corrected chi connectivity index (χ2v) is 9.80. The highest BCUT2D eigenvalue weighted by atomic mass is 16.6. The molecule has 3 unspecified atom stereocenters. The third-order valence-corrected chi connectivity index (χ3v) is 6.40. The Hall–Kier alpha value is -3.39. The van der Waals surface area contributed by atoms with E-state index in [1.807, 2.05) is 36.4 Å². The molecule has 4 rings (SSSR count). The zero-order valence-electron chi connectivity index (χ0n) is 19.5. The zero-order chi connectivity index (χ0) is 24.5. The summed E-state index contributed by atoms with van der Waals surface area (Å²) in [4.78, 5) is 37.0. The molecule has 34 heavy (non-hydrogen) atoms.